The van der Waals surface area contributed by atoms with Gasteiger partial charge in [0.15, 0.2) is 0 Å². The zero-order valence-electron chi connectivity index (χ0n) is 10.9. The molecule has 0 spiro atoms. The number of nitrogens with one attached hydrogen (secondary N) is 2. The molecule has 2 rings (SSSR count). The van der Waals surface area contributed by atoms with Crippen LogP contribution in [0.2, 0.25) is 5.02 Å². The summed E-state index contributed by atoms with van der Waals surface area (Å²) in [4.78, 5) is 24.0. The fraction of sp³-hybridized carbons (Fsp3) is 0.143. The molecule has 1 atom stereocenters. The van der Waals surface area contributed by atoms with E-state index < -0.39 is 17.9 Å². The van der Waals surface area contributed by atoms with Gasteiger partial charge < -0.3 is 15.7 Å². The van der Waals surface area contributed by atoms with Crippen molar-refractivity contribution in [2.24, 2.45) is 0 Å². The molecule has 0 saturated heterocycles. The zero-order valence-corrected chi connectivity index (χ0v) is 12.4. The Balaban J connectivity index is 1.84. The van der Waals surface area contributed by atoms with Gasteiger partial charge in [-0.15, -0.1) is 11.3 Å². The van der Waals surface area contributed by atoms with E-state index in [1.807, 2.05) is 5.38 Å². The number of halogens is 1. The van der Waals surface area contributed by atoms with Gasteiger partial charge >= 0.3 is 11.8 Å². The Morgan fingerprint density at radius 1 is 1.24 bits per heavy atom. The minimum atomic E-state index is -0.826. The van der Waals surface area contributed by atoms with Crippen LogP contribution in [0, 0.1) is 0 Å². The maximum Gasteiger partial charge on any atom is 0.313 e. The molecule has 0 aliphatic rings. The molecule has 0 bridgehead atoms. The van der Waals surface area contributed by atoms with Gasteiger partial charge in [-0.3, -0.25) is 9.59 Å². The highest BCUT2D eigenvalue weighted by Crippen LogP contribution is 2.17. The second kappa shape index (κ2) is 7.21. The van der Waals surface area contributed by atoms with E-state index in [4.69, 9.17) is 11.6 Å². The zero-order chi connectivity index (χ0) is 15.2. The number of thiophene rings is 1. The number of amides is 2. The van der Waals surface area contributed by atoms with Crippen molar-refractivity contribution in [2.45, 2.75) is 6.10 Å². The van der Waals surface area contributed by atoms with Crippen molar-refractivity contribution < 1.29 is 14.7 Å². The molecule has 5 nitrogen and oxygen atoms in total. The topological polar surface area (TPSA) is 78.4 Å². The van der Waals surface area contributed by atoms with Gasteiger partial charge in [0.25, 0.3) is 0 Å². The molecular weight excluding hydrogens is 312 g/mol. The minimum absolute atomic E-state index is 0.0255. The van der Waals surface area contributed by atoms with Crippen LogP contribution >= 0.6 is 22.9 Å². The molecule has 2 amide bonds. The maximum absolute atomic E-state index is 11.7. The molecule has 1 aromatic heterocycles. The van der Waals surface area contributed by atoms with Gasteiger partial charge in [0.1, 0.15) is 6.10 Å². The number of anilines is 1. The van der Waals surface area contributed by atoms with E-state index >= 15 is 0 Å². The highest BCUT2D eigenvalue weighted by atomic mass is 35.5. The minimum Gasteiger partial charge on any atom is -0.386 e. The summed E-state index contributed by atoms with van der Waals surface area (Å²) in [5.41, 5.74) is 0.432. The van der Waals surface area contributed by atoms with Crippen molar-refractivity contribution in [3.63, 3.8) is 0 Å². The van der Waals surface area contributed by atoms with Crippen molar-refractivity contribution in [2.75, 3.05) is 11.9 Å². The third-order valence-electron chi connectivity index (χ3n) is 2.62. The van der Waals surface area contributed by atoms with Gasteiger partial charge in [-0.05, 0) is 29.6 Å². The molecule has 3 N–H and O–H groups in total. The lowest BCUT2D eigenvalue weighted by Gasteiger charge is -2.10. The van der Waals surface area contributed by atoms with Gasteiger partial charge in [-0.2, -0.15) is 0 Å². The number of hydrogen-bond donors (Lipinski definition) is 3. The molecular formula is C14H13ClN2O3S. The molecule has 0 saturated carbocycles. The van der Waals surface area contributed by atoms with E-state index in [0.29, 0.717) is 10.7 Å². The summed E-state index contributed by atoms with van der Waals surface area (Å²) in [5.74, 6) is -1.62. The number of hydrogen-bond acceptors (Lipinski definition) is 4. The Hall–Kier alpha value is -1.89. The Kier molecular flexibility index (Phi) is 5.32. The van der Waals surface area contributed by atoms with E-state index in [9.17, 15) is 14.7 Å². The van der Waals surface area contributed by atoms with E-state index in [0.717, 1.165) is 4.88 Å². The summed E-state index contributed by atoms with van der Waals surface area (Å²) < 4.78 is 0. The standard InChI is InChI=1S/C14H13ClN2O3S/c15-9-3-1-4-10(7-9)17-14(20)13(19)16-8-11(18)12-5-2-6-21-12/h1-7,11,18H,8H2,(H,16,19)(H,17,20). The number of benzene rings is 1. The molecule has 7 heteroatoms. The quantitative estimate of drug-likeness (QED) is 0.754. The van der Waals surface area contributed by atoms with Crippen LogP contribution in [0.5, 0.6) is 0 Å². The van der Waals surface area contributed by atoms with Gasteiger partial charge in [0, 0.05) is 22.1 Å². The number of aliphatic hydroxyl groups is 1. The number of carbonyl (C=O) groups is 2. The number of rotatable bonds is 4. The summed E-state index contributed by atoms with van der Waals surface area (Å²) in [5, 5.41) is 16.9. The molecule has 2 aromatic rings. The lowest BCUT2D eigenvalue weighted by atomic mass is 10.3. The first-order chi connectivity index (χ1) is 10.1. The van der Waals surface area contributed by atoms with Crippen molar-refractivity contribution in [3.05, 3.63) is 51.7 Å². The molecule has 0 radical (unpaired) electrons. The van der Waals surface area contributed by atoms with Crippen LogP contribution in [0.3, 0.4) is 0 Å². The first-order valence-corrected chi connectivity index (χ1v) is 7.38. The Morgan fingerprint density at radius 2 is 2.05 bits per heavy atom. The first-order valence-electron chi connectivity index (χ1n) is 6.12. The molecule has 1 heterocycles. The van der Waals surface area contributed by atoms with Gasteiger partial charge in [0.2, 0.25) is 0 Å². The highest BCUT2D eigenvalue weighted by molar-refractivity contribution is 7.10. The van der Waals surface area contributed by atoms with Crippen LogP contribution in [0.25, 0.3) is 0 Å². The van der Waals surface area contributed by atoms with Crippen LogP contribution in [0.4, 0.5) is 5.69 Å². The van der Waals surface area contributed by atoms with Gasteiger partial charge in [-0.25, -0.2) is 0 Å². The van der Waals surface area contributed by atoms with Gasteiger partial charge in [-0.1, -0.05) is 23.7 Å². The molecule has 110 valence electrons. The SMILES string of the molecule is O=C(NCC(O)c1cccs1)C(=O)Nc1cccc(Cl)c1. The van der Waals surface area contributed by atoms with E-state index in [1.54, 1.807) is 30.3 Å². The Bertz CT molecular complexity index is 631. The van der Waals surface area contributed by atoms with Gasteiger partial charge in [0.05, 0.1) is 0 Å². The smallest absolute Gasteiger partial charge is 0.313 e. The summed E-state index contributed by atoms with van der Waals surface area (Å²) in [6.07, 6.45) is -0.826. The average molecular weight is 325 g/mol. The van der Waals surface area contributed by atoms with Crippen LogP contribution in [0.1, 0.15) is 11.0 Å². The van der Waals surface area contributed by atoms with Crippen LogP contribution in [-0.2, 0) is 9.59 Å². The maximum atomic E-state index is 11.7. The van der Waals surface area contributed by atoms with Crippen LogP contribution in [-0.4, -0.2) is 23.5 Å². The molecule has 1 unspecified atom stereocenters. The van der Waals surface area contributed by atoms with E-state index in [-0.39, 0.29) is 6.54 Å². The second-order valence-electron chi connectivity index (χ2n) is 4.21. The third kappa shape index (κ3) is 4.56. The predicted octanol–water partition coefficient (Wildman–Crippen LogP) is 2.19. The molecule has 0 fully saturated rings. The van der Waals surface area contributed by atoms with Crippen molar-refractivity contribution in [1.82, 2.24) is 5.32 Å². The van der Waals surface area contributed by atoms with E-state index in [2.05, 4.69) is 10.6 Å². The summed E-state index contributed by atoms with van der Waals surface area (Å²) in [6, 6.07) is 10.0. The molecule has 0 aliphatic carbocycles. The highest BCUT2D eigenvalue weighted by Gasteiger charge is 2.16. The normalized spacial score (nSPS) is 11.7. The van der Waals surface area contributed by atoms with Crippen molar-refractivity contribution in [3.8, 4) is 0 Å². The van der Waals surface area contributed by atoms with Crippen molar-refractivity contribution >= 4 is 40.4 Å². The van der Waals surface area contributed by atoms with E-state index in [1.165, 1.54) is 17.4 Å². The lowest BCUT2D eigenvalue weighted by Crippen LogP contribution is -2.37. The van der Waals surface area contributed by atoms with Crippen LogP contribution in [0.15, 0.2) is 41.8 Å². The Labute approximate surface area is 130 Å². The Morgan fingerprint density at radius 3 is 2.71 bits per heavy atom. The number of aliphatic hydroxyl groups excluding tert-OH is 1. The predicted molar refractivity (Wildman–Crippen MR) is 82.4 cm³/mol. The largest absolute Gasteiger partial charge is 0.386 e. The molecule has 0 aliphatic heterocycles. The second-order valence-corrected chi connectivity index (χ2v) is 5.62. The average Bonchev–Trinajstić information content (AvgIpc) is 2.98. The number of carbonyl (C=O) groups excluding carboxylic acids is 2. The summed E-state index contributed by atoms with van der Waals surface area (Å²) >= 11 is 7.16. The fourth-order valence-electron chi connectivity index (χ4n) is 1.61. The van der Waals surface area contributed by atoms with Crippen molar-refractivity contribution in [1.29, 1.82) is 0 Å². The lowest BCUT2D eigenvalue weighted by molar-refractivity contribution is -0.136. The third-order valence-corrected chi connectivity index (χ3v) is 3.82. The molecule has 21 heavy (non-hydrogen) atoms. The summed E-state index contributed by atoms with van der Waals surface area (Å²) in [7, 11) is 0. The molecule has 1 aromatic carbocycles. The summed E-state index contributed by atoms with van der Waals surface area (Å²) in [6.45, 7) is -0.0255. The van der Waals surface area contributed by atoms with Crippen LogP contribution < -0.4 is 10.6 Å². The first kappa shape index (κ1) is 15.5. The fourth-order valence-corrected chi connectivity index (χ4v) is 2.51. The monoisotopic (exact) mass is 324 g/mol.